The number of rotatable bonds is 11. The molecular weight excluding hydrogens is 353 g/mol. The third-order valence-corrected chi connectivity index (χ3v) is 3.60. The van der Waals surface area contributed by atoms with Crippen LogP contribution in [0.3, 0.4) is 0 Å². The van der Waals surface area contributed by atoms with E-state index in [1.54, 1.807) is 6.08 Å². The highest BCUT2D eigenvalue weighted by atomic mass is 31.2. The Hall–Kier alpha value is -0.570. The van der Waals surface area contributed by atoms with Crippen molar-refractivity contribution in [2.24, 2.45) is 0 Å². The maximum Gasteiger partial charge on any atom is 0.475 e. The van der Waals surface area contributed by atoms with Gasteiger partial charge in [-0.05, 0) is 12.8 Å². The molecule has 0 unspecified atom stereocenters. The van der Waals surface area contributed by atoms with Crippen LogP contribution in [-0.4, -0.2) is 32.2 Å². The molecule has 0 amide bonds. The van der Waals surface area contributed by atoms with Crippen LogP contribution in [0, 0.1) is 0 Å². The van der Waals surface area contributed by atoms with Gasteiger partial charge in [0, 0.05) is 0 Å². The summed E-state index contributed by atoms with van der Waals surface area (Å²) >= 11 is 0. The maximum absolute atomic E-state index is 12.0. The van der Waals surface area contributed by atoms with Crippen LogP contribution in [0.15, 0.2) is 12.2 Å². The van der Waals surface area contributed by atoms with Crippen molar-refractivity contribution in [1.29, 1.82) is 0 Å². The molecule has 0 aliphatic heterocycles. The van der Waals surface area contributed by atoms with Crippen molar-refractivity contribution in [3.63, 3.8) is 0 Å². The highest BCUT2D eigenvalue weighted by Crippen LogP contribution is 2.51. The van der Waals surface area contributed by atoms with E-state index < -0.39 is 40.0 Å². The maximum atomic E-state index is 12.0. The van der Waals surface area contributed by atoms with Gasteiger partial charge in [-0.25, -0.2) is 4.57 Å². The van der Waals surface area contributed by atoms with Crippen molar-refractivity contribution in [2.75, 3.05) is 19.8 Å². The third kappa shape index (κ3) is 14.7. The monoisotopic (exact) mass is 372 g/mol. The van der Waals surface area contributed by atoms with Gasteiger partial charge in [0.1, 0.15) is 0 Å². The third-order valence-electron chi connectivity index (χ3n) is 2.24. The van der Waals surface area contributed by atoms with Gasteiger partial charge >= 0.3 is 20.2 Å². The van der Waals surface area contributed by atoms with Gasteiger partial charge in [-0.15, -0.1) is 0 Å². The summed E-state index contributed by atoms with van der Waals surface area (Å²) in [7, 11) is -4.96. The molecule has 0 atom stereocenters. The summed E-state index contributed by atoms with van der Waals surface area (Å²) in [6.07, 6.45) is -3.30. The van der Waals surface area contributed by atoms with Gasteiger partial charge in [0.25, 0.3) is 0 Å². The van der Waals surface area contributed by atoms with Gasteiger partial charge < -0.3 is 0 Å². The fraction of sp³-hybridized carbons (Fsp3) is 0.833. The van der Waals surface area contributed by atoms with Gasteiger partial charge in [0.05, 0.1) is 6.61 Å². The van der Waals surface area contributed by atoms with Crippen molar-refractivity contribution >= 4 is 7.82 Å². The lowest BCUT2D eigenvalue weighted by molar-refractivity contribution is -0.170. The summed E-state index contributed by atoms with van der Waals surface area (Å²) in [5.41, 5.74) is 0. The minimum atomic E-state index is -4.96. The molecule has 4 nitrogen and oxygen atoms in total. The zero-order valence-corrected chi connectivity index (χ0v) is 13.3. The van der Waals surface area contributed by atoms with Gasteiger partial charge in [0.15, 0.2) is 13.2 Å². The molecule has 0 saturated heterocycles. The van der Waals surface area contributed by atoms with Crippen molar-refractivity contribution in [1.82, 2.24) is 0 Å². The van der Waals surface area contributed by atoms with E-state index in [1.165, 1.54) is 6.08 Å². The smallest absolute Gasteiger partial charge is 0.283 e. The molecule has 0 fully saturated rings. The number of halogens is 6. The molecular formula is C12H19F6O4P. The highest BCUT2D eigenvalue weighted by molar-refractivity contribution is 7.48. The molecule has 0 aromatic heterocycles. The highest BCUT2D eigenvalue weighted by Gasteiger charge is 2.39. The molecule has 0 aromatic carbocycles. The summed E-state index contributed by atoms with van der Waals surface area (Å²) in [6, 6.07) is 0. The Balaban J connectivity index is 4.45. The first-order chi connectivity index (χ1) is 10.5. The predicted molar refractivity (Wildman–Crippen MR) is 70.9 cm³/mol. The largest absolute Gasteiger partial charge is 0.475 e. The van der Waals surface area contributed by atoms with Crippen LogP contribution < -0.4 is 0 Å². The number of phosphoric acid groups is 1. The molecule has 0 radical (unpaired) electrons. The summed E-state index contributed by atoms with van der Waals surface area (Å²) < 4.78 is 96.1. The van der Waals surface area contributed by atoms with E-state index >= 15 is 0 Å². The summed E-state index contributed by atoms with van der Waals surface area (Å²) in [5, 5.41) is 0. The van der Waals surface area contributed by atoms with Gasteiger partial charge in [-0.1, -0.05) is 31.9 Å². The normalized spacial score (nSPS) is 13.9. The quantitative estimate of drug-likeness (QED) is 0.211. The van der Waals surface area contributed by atoms with E-state index in [9.17, 15) is 30.9 Å². The standard InChI is InChI=1S/C12H19F6O4P/c1-2-3-4-5-6-7-8-20-23(19,21-9-11(13,14)15)22-10-12(16,17)18/h6-7H,2-5,8-10H2,1H3/b7-6+. The average Bonchev–Trinajstić information content (AvgIpc) is 2.41. The van der Waals surface area contributed by atoms with Crippen LogP contribution in [0.4, 0.5) is 26.3 Å². The topological polar surface area (TPSA) is 44.8 Å². The number of unbranched alkanes of at least 4 members (excludes halogenated alkanes) is 3. The first-order valence-corrected chi connectivity index (χ1v) is 8.25. The Morgan fingerprint density at radius 1 is 0.870 bits per heavy atom. The van der Waals surface area contributed by atoms with E-state index in [4.69, 9.17) is 0 Å². The van der Waals surface area contributed by atoms with E-state index in [0.29, 0.717) is 6.42 Å². The summed E-state index contributed by atoms with van der Waals surface area (Å²) in [4.78, 5) is 0. The fourth-order valence-corrected chi connectivity index (χ4v) is 2.35. The second kappa shape index (κ2) is 10.3. The van der Waals surface area contributed by atoms with Crippen molar-refractivity contribution in [2.45, 2.75) is 45.0 Å². The Morgan fingerprint density at radius 3 is 1.83 bits per heavy atom. The number of hydrogen-bond acceptors (Lipinski definition) is 4. The zero-order chi connectivity index (χ0) is 18.0. The molecule has 138 valence electrons. The predicted octanol–water partition coefficient (Wildman–Crippen LogP) is 5.41. The molecule has 0 saturated carbocycles. The van der Waals surface area contributed by atoms with Gasteiger partial charge in [0.2, 0.25) is 0 Å². The molecule has 0 N–H and O–H groups in total. The molecule has 0 heterocycles. The van der Waals surface area contributed by atoms with Crippen LogP contribution in [0.2, 0.25) is 0 Å². The Bertz CT molecular complexity index is 372. The van der Waals surface area contributed by atoms with E-state index in [2.05, 4.69) is 13.6 Å². The van der Waals surface area contributed by atoms with Crippen molar-refractivity contribution in [3.05, 3.63) is 12.2 Å². The SMILES string of the molecule is CCCCC/C=C/COP(=O)(OCC(F)(F)F)OCC(F)(F)F. The molecule has 11 heteroatoms. The van der Waals surface area contributed by atoms with Crippen molar-refractivity contribution < 1.29 is 44.5 Å². The molecule has 23 heavy (non-hydrogen) atoms. The minimum Gasteiger partial charge on any atom is -0.283 e. The molecule has 0 aliphatic rings. The Kier molecular flexibility index (Phi) is 10.1. The van der Waals surface area contributed by atoms with E-state index in [0.717, 1.165) is 19.3 Å². The van der Waals surface area contributed by atoms with Crippen LogP contribution in [-0.2, 0) is 18.1 Å². The second-order valence-corrected chi connectivity index (χ2v) is 6.16. The molecule has 0 rings (SSSR count). The number of hydrogen-bond donors (Lipinski definition) is 0. The first kappa shape index (κ1) is 22.4. The number of phosphoric ester groups is 1. The summed E-state index contributed by atoms with van der Waals surface area (Å²) in [6.45, 7) is -2.57. The fourth-order valence-electron chi connectivity index (χ4n) is 1.25. The summed E-state index contributed by atoms with van der Waals surface area (Å²) in [5.74, 6) is 0. The average molecular weight is 372 g/mol. The lowest BCUT2D eigenvalue weighted by atomic mass is 10.2. The molecule has 0 bridgehead atoms. The van der Waals surface area contributed by atoms with Crippen LogP contribution in [0.1, 0.15) is 32.6 Å². The Labute approximate surface area is 130 Å². The molecule has 0 aromatic rings. The van der Waals surface area contributed by atoms with Gasteiger partial charge in [-0.3, -0.25) is 13.6 Å². The van der Waals surface area contributed by atoms with E-state index in [-0.39, 0.29) is 0 Å². The van der Waals surface area contributed by atoms with Crippen LogP contribution in [0.25, 0.3) is 0 Å². The Morgan fingerprint density at radius 2 is 1.39 bits per heavy atom. The van der Waals surface area contributed by atoms with Gasteiger partial charge in [-0.2, -0.15) is 26.3 Å². The zero-order valence-electron chi connectivity index (χ0n) is 12.5. The van der Waals surface area contributed by atoms with E-state index in [1.807, 2.05) is 6.92 Å². The second-order valence-electron chi connectivity index (χ2n) is 4.49. The lowest BCUT2D eigenvalue weighted by Gasteiger charge is -2.19. The first-order valence-electron chi connectivity index (χ1n) is 6.79. The number of allylic oxidation sites excluding steroid dienone is 1. The number of alkyl halides is 6. The lowest BCUT2D eigenvalue weighted by Crippen LogP contribution is -2.20. The van der Waals surface area contributed by atoms with Crippen LogP contribution in [0.5, 0.6) is 0 Å². The molecule has 0 aliphatic carbocycles. The van der Waals surface area contributed by atoms with Crippen LogP contribution >= 0.6 is 7.82 Å². The minimum absolute atomic E-state index is 0.487. The van der Waals surface area contributed by atoms with Crippen molar-refractivity contribution in [3.8, 4) is 0 Å². The molecule has 0 spiro atoms.